The molecule has 1 aromatic rings. The summed E-state index contributed by atoms with van der Waals surface area (Å²) < 4.78 is 2.02. The van der Waals surface area contributed by atoms with Gasteiger partial charge in [-0.2, -0.15) is 0 Å². The number of nitrogens with one attached hydrogen (secondary N) is 1. The zero-order valence-corrected chi connectivity index (χ0v) is 10.5. The SMILES string of the molecule is CNCCCSc1nnnn1C1CCCC1. The Morgan fingerprint density at radius 2 is 2.25 bits per heavy atom. The van der Waals surface area contributed by atoms with Crippen LogP contribution in [0.1, 0.15) is 38.1 Å². The molecule has 1 saturated carbocycles. The standard InChI is InChI=1S/C10H19N5S/c1-11-7-4-8-16-10-12-13-14-15(10)9-5-2-3-6-9/h9,11H,2-8H2,1H3. The first-order valence-corrected chi connectivity index (χ1v) is 6.95. The minimum absolute atomic E-state index is 0.543. The zero-order chi connectivity index (χ0) is 11.2. The topological polar surface area (TPSA) is 55.6 Å². The van der Waals surface area contributed by atoms with E-state index in [-0.39, 0.29) is 0 Å². The van der Waals surface area contributed by atoms with Gasteiger partial charge in [-0.25, -0.2) is 4.68 Å². The number of aromatic nitrogens is 4. The fraction of sp³-hybridized carbons (Fsp3) is 0.900. The van der Waals surface area contributed by atoms with Crippen molar-refractivity contribution in [2.45, 2.75) is 43.3 Å². The minimum Gasteiger partial charge on any atom is -0.320 e. The number of tetrazole rings is 1. The largest absolute Gasteiger partial charge is 0.320 e. The van der Waals surface area contributed by atoms with E-state index in [4.69, 9.17) is 0 Å². The maximum atomic E-state index is 4.12. The Balaban J connectivity index is 1.86. The van der Waals surface area contributed by atoms with Crippen molar-refractivity contribution >= 4 is 11.8 Å². The third-order valence-electron chi connectivity index (χ3n) is 2.94. The molecule has 0 amide bonds. The Kier molecular flexibility index (Phi) is 4.59. The van der Waals surface area contributed by atoms with Crippen molar-refractivity contribution in [2.24, 2.45) is 0 Å². The highest BCUT2D eigenvalue weighted by atomic mass is 32.2. The molecule has 2 rings (SSSR count). The van der Waals surface area contributed by atoms with E-state index >= 15 is 0 Å². The van der Waals surface area contributed by atoms with E-state index in [1.165, 1.54) is 25.7 Å². The molecular formula is C10H19N5S. The van der Waals surface area contributed by atoms with Gasteiger partial charge in [0, 0.05) is 5.75 Å². The molecule has 0 radical (unpaired) electrons. The third kappa shape index (κ3) is 2.95. The van der Waals surface area contributed by atoms with Crippen LogP contribution in [0.5, 0.6) is 0 Å². The molecule has 6 heteroatoms. The predicted molar refractivity (Wildman–Crippen MR) is 64.6 cm³/mol. The van der Waals surface area contributed by atoms with Crippen LogP contribution in [-0.2, 0) is 0 Å². The summed E-state index contributed by atoms with van der Waals surface area (Å²) in [4.78, 5) is 0. The van der Waals surface area contributed by atoms with Gasteiger partial charge in [-0.1, -0.05) is 24.6 Å². The van der Waals surface area contributed by atoms with Gasteiger partial charge in [0.05, 0.1) is 6.04 Å². The summed E-state index contributed by atoms with van der Waals surface area (Å²) in [5.41, 5.74) is 0. The van der Waals surface area contributed by atoms with Gasteiger partial charge in [-0.15, -0.1) is 5.10 Å². The second-order valence-electron chi connectivity index (χ2n) is 4.15. The van der Waals surface area contributed by atoms with Crippen molar-refractivity contribution in [1.82, 2.24) is 25.5 Å². The molecule has 1 fully saturated rings. The maximum Gasteiger partial charge on any atom is 0.209 e. The van der Waals surface area contributed by atoms with Crippen molar-refractivity contribution in [3.63, 3.8) is 0 Å². The quantitative estimate of drug-likeness (QED) is 0.604. The lowest BCUT2D eigenvalue weighted by Gasteiger charge is -2.10. The normalized spacial score (nSPS) is 17.1. The summed E-state index contributed by atoms with van der Waals surface area (Å²) in [7, 11) is 1.98. The van der Waals surface area contributed by atoms with E-state index in [9.17, 15) is 0 Å². The number of hydrogen-bond acceptors (Lipinski definition) is 5. The summed E-state index contributed by atoms with van der Waals surface area (Å²) in [6, 6.07) is 0.543. The monoisotopic (exact) mass is 241 g/mol. The predicted octanol–water partition coefficient (Wildman–Crippen LogP) is 1.49. The average Bonchev–Trinajstić information content (AvgIpc) is 2.94. The molecular weight excluding hydrogens is 222 g/mol. The molecule has 0 unspecified atom stereocenters. The fourth-order valence-corrected chi connectivity index (χ4v) is 2.95. The molecule has 0 spiro atoms. The number of rotatable bonds is 6. The van der Waals surface area contributed by atoms with Crippen LogP contribution in [0.4, 0.5) is 0 Å². The Morgan fingerprint density at radius 3 is 3.00 bits per heavy atom. The third-order valence-corrected chi connectivity index (χ3v) is 3.96. The number of nitrogens with zero attached hydrogens (tertiary/aromatic N) is 4. The second-order valence-corrected chi connectivity index (χ2v) is 5.21. The summed E-state index contributed by atoms with van der Waals surface area (Å²) in [6.07, 6.45) is 6.24. The van der Waals surface area contributed by atoms with E-state index in [2.05, 4.69) is 20.8 Å². The number of thioether (sulfide) groups is 1. The van der Waals surface area contributed by atoms with Crippen LogP contribution in [0.15, 0.2) is 5.16 Å². The highest BCUT2D eigenvalue weighted by molar-refractivity contribution is 7.99. The molecule has 1 aromatic heterocycles. The van der Waals surface area contributed by atoms with Gasteiger partial charge in [0.25, 0.3) is 0 Å². The van der Waals surface area contributed by atoms with Gasteiger partial charge in [-0.3, -0.25) is 0 Å². The molecule has 0 bridgehead atoms. The first-order valence-electron chi connectivity index (χ1n) is 5.97. The van der Waals surface area contributed by atoms with Gasteiger partial charge in [-0.05, 0) is 43.3 Å². The van der Waals surface area contributed by atoms with Gasteiger partial charge >= 0.3 is 0 Å². The fourth-order valence-electron chi connectivity index (χ4n) is 2.07. The molecule has 0 atom stereocenters. The Morgan fingerprint density at radius 1 is 1.44 bits per heavy atom. The Labute approximate surface area is 100 Å². The van der Waals surface area contributed by atoms with E-state index in [0.717, 1.165) is 23.9 Å². The smallest absolute Gasteiger partial charge is 0.209 e. The summed E-state index contributed by atoms with van der Waals surface area (Å²) in [5, 5.41) is 16.1. The number of hydrogen-bond donors (Lipinski definition) is 1. The molecule has 1 aliphatic carbocycles. The van der Waals surface area contributed by atoms with Gasteiger partial charge in [0.15, 0.2) is 0 Å². The molecule has 90 valence electrons. The molecule has 0 aromatic carbocycles. The Bertz CT molecular complexity index is 308. The van der Waals surface area contributed by atoms with E-state index in [1.54, 1.807) is 11.8 Å². The van der Waals surface area contributed by atoms with E-state index in [0.29, 0.717) is 6.04 Å². The molecule has 0 saturated heterocycles. The van der Waals surface area contributed by atoms with Crippen molar-refractivity contribution in [3.8, 4) is 0 Å². The van der Waals surface area contributed by atoms with Crippen LogP contribution in [0.25, 0.3) is 0 Å². The van der Waals surface area contributed by atoms with Crippen molar-refractivity contribution in [3.05, 3.63) is 0 Å². The van der Waals surface area contributed by atoms with Crippen molar-refractivity contribution in [2.75, 3.05) is 19.3 Å². The maximum absolute atomic E-state index is 4.12. The second kappa shape index (κ2) is 6.20. The van der Waals surface area contributed by atoms with E-state index < -0.39 is 0 Å². The first kappa shape index (κ1) is 11.9. The molecule has 1 N–H and O–H groups in total. The highest BCUT2D eigenvalue weighted by Crippen LogP contribution is 2.31. The van der Waals surface area contributed by atoms with Crippen LogP contribution < -0.4 is 5.32 Å². The van der Waals surface area contributed by atoms with Crippen LogP contribution in [0.3, 0.4) is 0 Å². The van der Waals surface area contributed by atoms with Crippen LogP contribution in [0, 0.1) is 0 Å². The summed E-state index contributed by atoms with van der Waals surface area (Å²) in [5.74, 6) is 1.08. The van der Waals surface area contributed by atoms with Crippen molar-refractivity contribution < 1.29 is 0 Å². The van der Waals surface area contributed by atoms with Crippen molar-refractivity contribution in [1.29, 1.82) is 0 Å². The van der Waals surface area contributed by atoms with Crippen LogP contribution in [-0.4, -0.2) is 39.6 Å². The minimum atomic E-state index is 0.543. The average molecular weight is 241 g/mol. The molecule has 1 aliphatic rings. The lowest BCUT2D eigenvalue weighted by atomic mass is 10.3. The van der Waals surface area contributed by atoms with E-state index in [1.807, 2.05) is 11.7 Å². The van der Waals surface area contributed by atoms with Crippen LogP contribution in [0.2, 0.25) is 0 Å². The zero-order valence-electron chi connectivity index (χ0n) is 9.72. The molecule has 1 heterocycles. The van der Waals surface area contributed by atoms with Crippen LogP contribution >= 0.6 is 11.8 Å². The molecule has 16 heavy (non-hydrogen) atoms. The summed E-state index contributed by atoms with van der Waals surface area (Å²) >= 11 is 1.77. The van der Waals surface area contributed by atoms with Gasteiger partial charge in [0.2, 0.25) is 5.16 Å². The molecule has 5 nitrogen and oxygen atoms in total. The van der Waals surface area contributed by atoms with Gasteiger partial charge < -0.3 is 5.32 Å². The summed E-state index contributed by atoms with van der Waals surface area (Å²) in [6.45, 7) is 1.05. The molecule has 0 aliphatic heterocycles. The first-order chi connectivity index (χ1) is 7.92. The lowest BCUT2D eigenvalue weighted by molar-refractivity contribution is 0.423. The Hall–Kier alpha value is -0.620. The lowest BCUT2D eigenvalue weighted by Crippen LogP contribution is -2.10. The highest BCUT2D eigenvalue weighted by Gasteiger charge is 2.21. The van der Waals surface area contributed by atoms with Gasteiger partial charge in [0.1, 0.15) is 0 Å².